The fourth-order valence-electron chi connectivity index (χ4n) is 1.46. The van der Waals surface area contributed by atoms with Crippen LogP contribution in [0.3, 0.4) is 0 Å². The third-order valence-corrected chi connectivity index (χ3v) is 2.22. The molecule has 0 amide bonds. The minimum atomic E-state index is -0.700. The minimum Gasteiger partial charge on any atom is -0.508 e. The van der Waals surface area contributed by atoms with E-state index >= 15 is 0 Å². The summed E-state index contributed by atoms with van der Waals surface area (Å²) in [7, 11) is 0. The molecule has 1 aromatic carbocycles. The number of hydrogen-bond donors (Lipinski definition) is 2. The number of nitrogens with zero attached hydrogens (tertiary/aromatic N) is 2. The van der Waals surface area contributed by atoms with Gasteiger partial charge < -0.3 is 9.84 Å². The lowest BCUT2D eigenvalue weighted by molar-refractivity contribution is 0.0520. The SMILES string of the molecule is CCOC(=O)c1n[nH]nc1-c1ccc(O)cc1F. The number of esters is 1. The molecule has 0 radical (unpaired) electrons. The van der Waals surface area contributed by atoms with E-state index in [0.29, 0.717) is 0 Å². The Kier molecular flexibility index (Phi) is 3.22. The molecular weight excluding hydrogens is 241 g/mol. The molecule has 18 heavy (non-hydrogen) atoms. The highest BCUT2D eigenvalue weighted by Crippen LogP contribution is 2.26. The molecule has 2 rings (SSSR count). The molecule has 94 valence electrons. The highest BCUT2D eigenvalue weighted by atomic mass is 19.1. The first-order valence-electron chi connectivity index (χ1n) is 5.20. The number of rotatable bonds is 3. The lowest BCUT2D eigenvalue weighted by atomic mass is 10.1. The van der Waals surface area contributed by atoms with Gasteiger partial charge in [0.25, 0.3) is 0 Å². The first-order chi connectivity index (χ1) is 8.63. The van der Waals surface area contributed by atoms with Crippen molar-refractivity contribution in [2.24, 2.45) is 0 Å². The van der Waals surface area contributed by atoms with Gasteiger partial charge in [0.1, 0.15) is 17.3 Å². The minimum absolute atomic E-state index is 0.0472. The third-order valence-electron chi connectivity index (χ3n) is 2.22. The Labute approximate surface area is 101 Å². The van der Waals surface area contributed by atoms with E-state index in [1.165, 1.54) is 12.1 Å². The number of aromatic amines is 1. The van der Waals surface area contributed by atoms with Gasteiger partial charge in [0.2, 0.25) is 0 Å². The lowest BCUT2D eigenvalue weighted by Crippen LogP contribution is -2.07. The second-order valence-electron chi connectivity index (χ2n) is 3.41. The molecular formula is C11H10FN3O3. The maximum Gasteiger partial charge on any atom is 0.361 e. The number of aromatic nitrogens is 3. The molecule has 0 aliphatic carbocycles. The zero-order valence-corrected chi connectivity index (χ0v) is 9.48. The molecule has 1 aromatic heterocycles. The van der Waals surface area contributed by atoms with Gasteiger partial charge in [0.05, 0.1) is 6.61 Å². The summed E-state index contributed by atoms with van der Waals surface area (Å²) in [5, 5.41) is 18.7. The van der Waals surface area contributed by atoms with Crippen molar-refractivity contribution >= 4 is 5.97 Å². The Bertz CT molecular complexity index is 583. The topological polar surface area (TPSA) is 88.1 Å². The quantitative estimate of drug-likeness (QED) is 0.807. The molecule has 0 spiro atoms. The first-order valence-corrected chi connectivity index (χ1v) is 5.20. The number of halogens is 1. The number of carbonyl (C=O) groups is 1. The highest BCUT2D eigenvalue weighted by molar-refractivity contribution is 5.93. The van der Waals surface area contributed by atoms with Gasteiger partial charge in [-0.25, -0.2) is 9.18 Å². The van der Waals surface area contributed by atoms with Crippen molar-refractivity contribution in [2.45, 2.75) is 6.92 Å². The summed E-state index contributed by atoms with van der Waals surface area (Å²) in [6.45, 7) is 1.84. The molecule has 2 N–H and O–H groups in total. The number of benzene rings is 1. The fraction of sp³-hybridized carbons (Fsp3) is 0.182. The molecule has 7 heteroatoms. The van der Waals surface area contributed by atoms with E-state index in [1.54, 1.807) is 6.92 Å². The normalized spacial score (nSPS) is 10.3. The van der Waals surface area contributed by atoms with E-state index in [2.05, 4.69) is 15.4 Å². The molecule has 0 unspecified atom stereocenters. The predicted molar refractivity (Wildman–Crippen MR) is 59.4 cm³/mol. The van der Waals surface area contributed by atoms with E-state index in [1.807, 2.05) is 0 Å². The van der Waals surface area contributed by atoms with Crippen LogP contribution < -0.4 is 0 Å². The van der Waals surface area contributed by atoms with Gasteiger partial charge in [-0.3, -0.25) is 0 Å². The maximum absolute atomic E-state index is 13.6. The van der Waals surface area contributed by atoms with Crippen LogP contribution in [0, 0.1) is 5.82 Å². The number of H-pyrrole nitrogens is 1. The van der Waals surface area contributed by atoms with E-state index < -0.39 is 11.8 Å². The van der Waals surface area contributed by atoms with Crippen molar-refractivity contribution in [3.05, 3.63) is 29.7 Å². The Hall–Kier alpha value is -2.44. The fourth-order valence-corrected chi connectivity index (χ4v) is 1.46. The summed E-state index contributed by atoms with van der Waals surface area (Å²) >= 11 is 0. The van der Waals surface area contributed by atoms with Gasteiger partial charge in [0.15, 0.2) is 5.69 Å². The van der Waals surface area contributed by atoms with E-state index in [4.69, 9.17) is 9.84 Å². The van der Waals surface area contributed by atoms with Crippen LogP contribution in [0.15, 0.2) is 18.2 Å². The zero-order chi connectivity index (χ0) is 13.1. The molecule has 6 nitrogen and oxygen atoms in total. The molecule has 2 aromatic rings. The number of nitrogens with one attached hydrogen (secondary N) is 1. The number of carbonyl (C=O) groups excluding carboxylic acids is 1. The average Bonchev–Trinajstić information content (AvgIpc) is 2.78. The standard InChI is InChI=1S/C11H10FN3O3/c1-2-18-11(17)10-9(13-15-14-10)7-4-3-6(16)5-8(7)12/h3-5,16H,2H2,1H3,(H,13,14,15). The second-order valence-corrected chi connectivity index (χ2v) is 3.41. The molecule has 1 heterocycles. The van der Waals surface area contributed by atoms with Crippen LogP contribution in [0.1, 0.15) is 17.4 Å². The summed E-state index contributed by atoms with van der Waals surface area (Å²) in [4.78, 5) is 11.6. The van der Waals surface area contributed by atoms with Crippen LogP contribution in [0.2, 0.25) is 0 Å². The van der Waals surface area contributed by atoms with E-state index in [9.17, 15) is 9.18 Å². The molecule has 0 saturated heterocycles. The van der Waals surface area contributed by atoms with E-state index in [0.717, 1.165) is 6.07 Å². The average molecular weight is 251 g/mol. The monoisotopic (exact) mass is 251 g/mol. The maximum atomic E-state index is 13.6. The number of phenolic OH excluding ortho intramolecular Hbond substituents is 1. The molecule has 0 atom stereocenters. The molecule has 0 aliphatic rings. The second kappa shape index (κ2) is 4.82. The van der Waals surface area contributed by atoms with Gasteiger partial charge in [-0.2, -0.15) is 10.3 Å². The largest absolute Gasteiger partial charge is 0.508 e. The Morgan fingerprint density at radius 2 is 2.28 bits per heavy atom. The Balaban J connectivity index is 2.45. The third kappa shape index (κ3) is 2.15. The summed E-state index contributed by atoms with van der Waals surface area (Å²) in [5.41, 5.74) is 0.0111. The van der Waals surface area contributed by atoms with Crippen molar-refractivity contribution in [1.29, 1.82) is 0 Å². The van der Waals surface area contributed by atoms with Crippen molar-refractivity contribution in [2.75, 3.05) is 6.61 Å². The molecule has 0 aliphatic heterocycles. The summed E-state index contributed by atoms with van der Waals surface area (Å²) in [6, 6.07) is 3.53. The number of aromatic hydroxyl groups is 1. The van der Waals surface area contributed by atoms with Crippen molar-refractivity contribution in [3.63, 3.8) is 0 Å². The summed E-state index contributed by atoms with van der Waals surface area (Å²) in [5.74, 6) is -1.60. The van der Waals surface area contributed by atoms with Gasteiger partial charge in [-0.1, -0.05) is 0 Å². The highest BCUT2D eigenvalue weighted by Gasteiger charge is 2.21. The number of phenols is 1. The Morgan fingerprint density at radius 1 is 1.50 bits per heavy atom. The van der Waals surface area contributed by atoms with Gasteiger partial charge in [0, 0.05) is 11.6 Å². The van der Waals surface area contributed by atoms with Crippen LogP contribution in [0.4, 0.5) is 4.39 Å². The molecule has 0 fully saturated rings. The number of hydrogen-bond acceptors (Lipinski definition) is 5. The zero-order valence-electron chi connectivity index (χ0n) is 9.48. The number of ether oxygens (including phenoxy) is 1. The molecule has 0 saturated carbocycles. The van der Waals surface area contributed by atoms with Crippen LogP contribution in [-0.4, -0.2) is 33.1 Å². The van der Waals surface area contributed by atoms with E-state index in [-0.39, 0.29) is 29.3 Å². The summed E-state index contributed by atoms with van der Waals surface area (Å²) < 4.78 is 18.4. The smallest absolute Gasteiger partial charge is 0.361 e. The van der Waals surface area contributed by atoms with Crippen LogP contribution in [0.5, 0.6) is 5.75 Å². The van der Waals surface area contributed by atoms with Crippen molar-refractivity contribution in [3.8, 4) is 17.0 Å². The first kappa shape index (κ1) is 12.0. The van der Waals surface area contributed by atoms with Crippen molar-refractivity contribution < 1.29 is 19.0 Å². The van der Waals surface area contributed by atoms with Crippen molar-refractivity contribution in [1.82, 2.24) is 15.4 Å². The van der Waals surface area contributed by atoms with Crippen LogP contribution >= 0.6 is 0 Å². The van der Waals surface area contributed by atoms with Crippen LogP contribution in [0.25, 0.3) is 11.3 Å². The van der Waals surface area contributed by atoms with Gasteiger partial charge in [-0.05, 0) is 19.1 Å². The lowest BCUT2D eigenvalue weighted by Gasteiger charge is -2.02. The summed E-state index contributed by atoms with van der Waals surface area (Å²) in [6.07, 6.45) is 0. The Morgan fingerprint density at radius 3 is 2.94 bits per heavy atom. The van der Waals surface area contributed by atoms with Crippen LogP contribution in [-0.2, 0) is 4.74 Å². The predicted octanol–water partition coefficient (Wildman–Crippen LogP) is 1.49. The molecule has 0 bridgehead atoms. The van der Waals surface area contributed by atoms with Gasteiger partial charge in [-0.15, -0.1) is 5.10 Å². The van der Waals surface area contributed by atoms with Gasteiger partial charge >= 0.3 is 5.97 Å².